The number of hydrogen-bond donors (Lipinski definition) is 2. The molecule has 18 heavy (non-hydrogen) atoms. The fourth-order valence-corrected chi connectivity index (χ4v) is 2.58. The van der Waals surface area contributed by atoms with Crippen molar-refractivity contribution in [2.45, 2.75) is 6.54 Å². The van der Waals surface area contributed by atoms with Crippen LogP contribution < -0.4 is 10.1 Å². The first kappa shape index (κ1) is 11.6. The van der Waals surface area contributed by atoms with Crippen LogP contribution in [0.25, 0.3) is 10.9 Å². The highest BCUT2D eigenvalue weighted by molar-refractivity contribution is 5.86. The molecule has 0 bridgehead atoms. The molecule has 1 aromatic carbocycles. The highest BCUT2D eigenvalue weighted by Crippen LogP contribution is 2.27. The topological polar surface area (TPSA) is 40.3 Å². The second kappa shape index (κ2) is 5.00. The van der Waals surface area contributed by atoms with Crippen molar-refractivity contribution in [1.29, 1.82) is 0 Å². The summed E-state index contributed by atoms with van der Waals surface area (Å²) in [6.07, 6.45) is 1.96. The van der Waals surface area contributed by atoms with Gasteiger partial charge >= 0.3 is 0 Å². The maximum absolute atomic E-state index is 5.46. The molecule has 1 aromatic heterocycles. The van der Waals surface area contributed by atoms with E-state index in [9.17, 15) is 0 Å². The Morgan fingerprint density at radius 2 is 2.11 bits per heavy atom. The second-order valence-corrected chi connectivity index (χ2v) is 4.76. The molecule has 3 rings (SSSR count). The molecule has 1 fully saturated rings. The lowest BCUT2D eigenvalue weighted by Gasteiger charge is -2.27. The van der Waals surface area contributed by atoms with Gasteiger partial charge in [0.05, 0.1) is 7.11 Å². The van der Waals surface area contributed by atoms with E-state index in [0.29, 0.717) is 0 Å². The smallest absolute Gasteiger partial charge is 0.128 e. The molecule has 0 atom stereocenters. The Kier molecular flexibility index (Phi) is 3.21. The van der Waals surface area contributed by atoms with E-state index in [0.717, 1.165) is 49.4 Å². The van der Waals surface area contributed by atoms with Gasteiger partial charge in [0.2, 0.25) is 0 Å². The quantitative estimate of drug-likeness (QED) is 0.862. The molecule has 1 saturated heterocycles. The first-order valence-electron chi connectivity index (χ1n) is 6.44. The van der Waals surface area contributed by atoms with Crippen LogP contribution in [0, 0.1) is 0 Å². The van der Waals surface area contributed by atoms with E-state index < -0.39 is 0 Å². The van der Waals surface area contributed by atoms with E-state index >= 15 is 0 Å². The molecule has 0 saturated carbocycles. The number of rotatable bonds is 3. The fourth-order valence-electron chi connectivity index (χ4n) is 2.58. The zero-order valence-electron chi connectivity index (χ0n) is 10.7. The van der Waals surface area contributed by atoms with E-state index in [1.54, 1.807) is 7.11 Å². The standard InChI is InChI=1S/C14H19N3O/c1-18-14-9-11(8-13-12(14)2-3-16-13)10-17-6-4-15-5-7-17/h2-3,8-9,15-16H,4-7,10H2,1H3. The Labute approximate surface area is 107 Å². The normalized spacial score (nSPS) is 17.2. The molecule has 4 nitrogen and oxygen atoms in total. The first-order chi connectivity index (χ1) is 8.86. The molecule has 0 aliphatic carbocycles. The van der Waals surface area contributed by atoms with E-state index in [1.165, 1.54) is 5.56 Å². The zero-order valence-corrected chi connectivity index (χ0v) is 10.7. The van der Waals surface area contributed by atoms with Gasteiger partial charge in [0.25, 0.3) is 0 Å². The van der Waals surface area contributed by atoms with E-state index in [1.807, 2.05) is 6.20 Å². The van der Waals surface area contributed by atoms with Crippen molar-refractivity contribution >= 4 is 10.9 Å². The van der Waals surface area contributed by atoms with Crippen LogP contribution >= 0.6 is 0 Å². The number of nitrogens with one attached hydrogen (secondary N) is 2. The lowest BCUT2D eigenvalue weighted by atomic mass is 10.1. The summed E-state index contributed by atoms with van der Waals surface area (Å²) < 4.78 is 5.46. The number of nitrogens with zero attached hydrogens (tertiary/aromatic N) is 1. The summed E-state index contributed by atoms with van der Waals surface area (Å²) in [6, 6.07) is 6.43. The molecule has 96 valence electrons. The predicted molar refractivity (Wildman–Crippen MR) is 73.0 cm³/mol. The van der Waals surface area contributed by atoms with Gasteiger partial charge in [0.15, 0.2) is 0 Å². The Balaban J connectivity index is 1.86. The van der Waals surface area contributed by atoms with Gasteiger partial charge in [-0.25, -0.2) is 0 Å². The number of methoxy groups -OCH3 is 1. The molecule has 2 aromatic rings. The lowest BCUT2D eigenvalue weighted by molar-refractivity contribution is 0.233. The molecule has 2 N–H and O–H groups in total. The number of H-pyrrole nitrogens is 1. The maximum Gasteiger partial charge on any atom is 0.128 e. The lowest BCUT2D eigenvalue weighted by Crippen LogP contribution is -2.42. The number of hydrogen-bond acceptors (Lipinski definition) is 3. The summed E-state index contributed by atoms with van der Waals surface area (Å²) in [5, 5.41) is 4.53. The largest absolute Gasteiger partial charge is 0.496 e. The molecule has 2 heterocycles. The average molecular weight is 245 g/mol. The van der Waals surface area contributed by atoms with Crippen LogP contribution in [0.4, 0.5) is 0 Å². The van der Waals surface area contributed by atoms with Gasteiger partial charge in [0, 0.05) is 49.8 Å². The van der Waals surface area contributed by atoms with E-state index in [2.05, 4.69) is 33.4 Å². The molecular weight excluding hydrogens is 226 g/mol. The summed E-state index contributed by atoms with van der Waals surface area (Å²) >= 11 is 0. The van der Waals surface area contributed by atoms with Gasteiger partial charge in [-0.3, -0.25) is 4.90 Å². The van der Waals surface area contributed by atoms with Crippen LogP contribution in [0.15, 0.2) is 24.4 Å². The van der Waals surface area contributed by atoms with Crippen molar-refractivity contribution in [3.8, 4) is 5.75 Å². The summed E-state index contributed by atoms with van der Waals surface area (Å²) in [6.45, 7) is 5.40. The SMILES string of the molecule is COc1cc(CN2CCNCC2)cc2[nH]ccc12. The van der Waals surface area contributed by atoms with Gasteiger partial charge in [-0.15, -0.1) is 0 Å². The summed E-state index contributed by atoms with van der Waals surface area (Å²) in [4.78, 5) is 5.73. The van der Waals surface area contributed by atoms with Crippen molar-refractivity contribution in [3.63, 3.8) is 0 Å². The molecule has 4 heteroatoms. The Hall–Kier alpha value is -1.52. The summed E-state index contributed by atoms with van der Waals surface area (Å²) in [5.74, 6) is 0.957. The van der Waals surface area contributed by atoms with Crippen molar-refractivity contribution in [2.24, 2.45) is 0 Å². The molecule has 0 unspecified atom stereocenters. The molecule has 0 amide bonds. The highest BCUT2D eigenvalue weighted by Gasteiger charge is 2.12. The van der Waals surface area contributed by atoms with Gasteiger partial charge < -0.3 is 15.0 Å². The molecule has 0 radical (unpaired) electrons. The van der Waals surface area contributed by atoms with Crippen LogP contribution in [-0.2, 0) is 6.54 Å². The van der Waals surface area contributed by atoms with E-state index in [-0.39, 0.29) is 0 Å². The Bertz CT molecular complexity index is 529. The molecule has 1 aliphatic heterocycles. The zero-order chi connectivity index (χ0) is 12.4. The number of piperazine rings is 1. The number of fused-ring (bicyclic) bond motifs is 1. The van der Waals surface area contributed by atoms with Crippen LogP contribution in [0.1, 0.15) is 5.56 Å². The average Bonchev–Trinajstić information content (AvgIpc) is 2.87. The minimum absolute atomic E-state index is 0.957. The van der Waals surface area contributed by atoms with E-state index in [4.69, 9.17) is 4.74 Å². The fraction of sp³-hybridized carbons (Fsp3) is 0.429. The molecule has 0 spiro atoms. The van der Waals surface area contributed by atoms with Crippen LogP contribution in [0.5, 0.6) is 5.75 Å². The Morgan fingerprint density at radius 1 is 1.28 bits per heavy atom. The van der Waals surface area contributed by atoms with Gasteiger partial charge in [-0.1, -0.05) is 0 Å². The van der Waals surface area contributed by atoms with Gasteiger partial charge in [-0.2, -0.15) is 0 Å². The van der Waals surface area contributed by atoms with Crippen LogP contribution in [-0.4, -0.2) is 43.2 Å². The number of aromatic nitrogens is 1. The first-order valence-corrected chi connectivity index (χ1v) is 6.44. The molecule has 1 aliphatic rings. The highest BCUT2D eigenvalue weighted by atomic mass is 16.5. The van der Waals surface area contributed by atoms with Crippen molar-refractivity contribution in [2.75, 3.05) is 33.3 Å². The minimum Gasteiger partial charge on any atom is -0.496 e. The summed E-state index contributed by atoms with van der Waals surface area (Å²) in [5.41, 5.74) is 2.46. The van der Waals surface area contributed by atoms with Crippen molar-refractivity contribution < 1.29 is 4.74 Å². The third kappa shape index (κ3) is 2.21. The third-order valence-corrected chi connectivity index (χ3v) is 3.53. The van der Waals surface area contributed by atoms with Crippen molar-refractivity contribution in [1.82, 2.24) is 15.2 Å². The predicted octanol–water partition coefficient (Wildman–Crippen LogP) is 1.58. The summed E-state index contributed by atoms with van der Waals surface area (Å²) in [7, 11) is 1.73. The number of benzene rings is 1. The third-order valence-electron chi connectivity index (χ3n) is 3.53. The second-order valence-electron chi connectivity index (χ2n) is 4.76. The van der Waals surface area contributed by atoms with Gasteiger partial charge in [-0.05, 0) is 23.8 Å². The van der Waals surface area contributed by atoms with Gasteiger partial charge in [0.1, 0.15) is 5.75 Å². The van der Waals surface area contributed by atoms with Crippen LogP contribution in [0.3, 0.4) is 0 Å². The van der Waals surface area contributed by atoms with Crippen molar-refractivity contribution in [3.05, 3.63) is 30.0 Å². The monoisotopic (exact) mass is 245 g/mol. The maximum atomic E-state index is 5.46. The molecular formula is C14H19N3O. The van der Waals surface area contributed by atoms with Crippen LogP contribution in [0.2, 0.25) is 0 Å². The minimum atomic E-state index is 0.957. The number of ether oxygens (including phenoxy) is 1. The Morgan fingerprint density at radius 3 is 2.89 bits per heavy atom. The number of aromatic amines is 1.